The van der Waals surface area contributed by atoms with Gasteiger partial charge in [-0.3, -0.25) is 9.59 Å². The summed E-state index contributed by atoms with van der Waals surface area (Å²) in [5.41, 5.74) is 0. The Morgan fingerprint density at radius 1 is 1.32 bits per heavy atom. The number of nitrogens with zero attached hydrogens (tertiary/aromatic N) is 2. The van der Waals surface area contributed by atoms with Crippen molar-refractivity contribution in [3.05, 3.63) is 22.4 Å². The second-order valence-corrected chi connectivity index (χ2v) is 7.81. The van der Waals surface area contributed by atoms with Crippen LogP contribution in [0.3, 0.4) is 0 Å². The highest BCUT2D eigenvalue weighted by Crippen LogP contribution is 2.13. The van der Waals surface area contributed by atoms with E-state index in [0.717, 1.165) is 24.3 Å². The summed E-state index contributed by atoms with van der Waals surface area (Å²) < 4.78 is 4.81. The van der Waals surface area contributed by atoms with Crippen LogP contribution in [0.1, 0.15) is 37.5 Å². The molecule has 2 heterocycles. The third-order valence-corrected chi connectivity index (χ3v) is 5.58. The Balaban J connectivity index is 1.83. The number of esters is 1. The first-order valence-corrected chi connectivity index (χ1v) is 10.1. The highest BCUT2D eigenvalue weighted by molar-refractivity contribution is 7.10. The fourth-order valence-corrected chi connectivity index (χ4v) is 3.94. The number of thiophene rings is 1. The van der Waals surface area contributed by atoms with Crippen LogP contribution in [0.25, 0.3) is 0 Å². The topological polar surface area (TPSA) is 49.9 Å². The quantitative estimate of drug-likeness (QED) is 0.472. The number of ether oxygens (including phenoxy) is 1. The highest BCUT2D eigenvalue weighted by atomic mass is 32.1. The van der Waals surface area contributed by atoms with E-state index in [1.807, 2.05) is 29.3 Å². The minimum absolute atomic E-state index is 0.0966. The monoisotopic (exact) mass is 366 g/mol. The summed E-state index contributed by atoms with van der Waals surface area (Å²) in [5.74, 6) is -0.457. The third-order valence-electron chi connectivity index (χ3n) is 4.71. The molecule has 0 aliphatic carbocycles. The van der Waals surface area contributed by atoms with Gasteiger partial charge in [-0.25, -0.2) is 0 Å². The highest BCUT2D eigenvalue weighted by Gasteiger charge is 2.22. The van der Waals surface area contributed by atoms with E-state index in [-0.39, 0.29) is 17.8 Å². The first-order valence-electron chi connectivity index (χ1n) is 9.20. The number of hydrogen-bond acceptors (Lipinski definition) is 5. The number of likely N-dealkylation sites (tertiary alicyclic amines) is 1. The molecule has 1 aromatic rings. The molecular weight excluding hydrogens is 336 g/mol. The average Bonchev–Trinajstić information content (AvgIpc) is 3.30. The van der Waals surface area contributed by atoms with E-state index in [9.17, 15) is 9.59 Å². The van der Waals surface area contributed by atoms with Gasteiger partial charge in [0.05, 0.1) is 19.4 Å². The largest absolute Gasteiger partial charge is 0.469 e. The Morgan fingerprint density at radius 2 is 2.08 bits per heavy atom. The Morgan fingerprint density at radius 3 is 2.72 bits per heavy atom. The molecule has 5 nitrogen and oxygen atoms in total. The van der Waals surface area contributed by atoms with Crippen molar-refractivity contribution in [2.75, 3.05) is 39.8 Å². The fraction of sp³-hybridized carbons (Fsp3) is 0.684. The van der Waals surface area contributed by atoms with Gasteiger partial charge in [0.25, 0.3) is 0 Å². The third kappa shape index (κ3) is 6.78. The van der Waals surface area contributed by atoms with Crippen LogP contribution >= 0.6 is 11.3 Å². The van der Waals surface area contributed by atoms with Crippen molar-refractivity contribution in [3.8, 4) is 0 Å². The van der Waals surface area contributed by atoms with Crippen molar-refractivity contribution >= 4 is 23.2 Å². The van der Waals surface area contributed by atoms with Crippen LogP contribution in [-0.4, -0.2) is 61.5 Å². The van der Waals surface area contributed by atoms with Crippen molar-refractivity contribution in [2.45, 2.75) is 39.0 Å². The Kier molecular flexibility index (Phi) is 8.41. The number of unbranched alkanes of at least 4 members (excludes halogenated alkanes) is 1. The van der Waals surface area contributed by atoms with Gasteiger partial charge in [-0.2, -0.15) is 0 Å². The molecule has 2 rings (SSSR count). The molecule has 0 aromatic carbocycles. The molecule has 1 aromatic heterocycles. The molecule has 1 atom stereocenters. The van der Waals surface area contributed by atoms with Crippen LogP contribution in [0.4, 0.5) is 0 Å². The van der Waals surface area contributed by atoms with Gasteiger partial charge in [-0.05, 0) is 56.8 Å². The second kappa shape index (κ2) is 10.6. The van der Waals surface area contributed by atoms with E-state index in [0.29, 0.717) is 19.5 Å². The number of carbonyl (C=O) groups excluding carboxylic acids is 2. The molecule has 1 unspecified atom stereocenters. The molecule has 6 heteroatoms. The van der Waals surface area contributed by atoms with Gasteiger partial charge in [-0.15, -0.1) is 11.3 Å². The van der Waals surface area contributed by atoms with Crippen LogP contribution in [0, 0.1) is 5.92 Å². The number of amides is 1. The number of methoxy groups -OCH3 is 1. The first-order chi connectivity index (χ1) is 12.1. The van der Waals surface area contributed by atoms with Gasteiger partial charge in [-0.1, -0.05) is 13.0 Å². The Labute approximate surface area is 154 Å². The van der Waals surface area contributed by atoms with Crippen molar-refractivity contribution in [3.63, 3.8) is 0 Å². The minimum atomic E-state index is -0.295. The lowest BCUT2D eigenvalue weighted by Crippen LogP contribution is -2.39. The molecule has 1 saturated heterocycles. The smallest absolute Gasteiger partial charge is 0.310 e. The summed E-state index contributed by atoms with van der Waals surface area (Å²) in [6, 6.07) is 3.95. The Bertz CT molecular complexity index is 527. The lowest BCUT2D eigenvalue weighted by molar-refractivity contribution is -0.146. The predicted octanol–water partition coefficient (Wildman–Crippen LogP) is 2.80. The van der Waals surface area contributed by atoms with E-state index in [4.69, 9.17) is 4.74 Å². The fourth-order valence-electron chi connectivity index (χ4n) is 3.24. The second-order valence-electron chi connectivity index (χ2n) is 6.78. The van der Waals surface area contributed by atoms with Crippen LogP contribution in [0.15, 0.2) is 17.5 Å². The lowest BCUT2D eigenvalue weighted by Gasteiger charge is -2.25. The number of hydrogen-bond donors (Lipinski definition) is 0. The Hall–Kier alpha value is -1.40. The molecule has 1 fully saturated rings. The van der Waals surface area contributed by atoms with Gasteiger partial charge in [0.15, 0.2) is 0 Å². The molecule has 140 valence electrons. The standard InChI is InChI=1S/C19H30N2O3S/c1-16(19(23)24-2)15-21(18(22)14-17-8-7-13-25-17)12-6-5-11-20-9-3-4-10-20/h7-8,13,16H,3-6,9-12,14-15H2,1-2H3. The molecule has 0 N–H and O–H groups in total. The molecule has 0 bridgehead atoms. The van der Waals surface area contributed by atoms with Crippen molar-refractivity contribution in [2.24, 2.45) is 5.92 Å². The summed E-state index contributed by atoms with van der Waals surface area (Å²) in [5, 5.41) is 1.99. The van der Waals surface area contributed by atoms with E-state index < -0.39 is 0 Å². The summed E-state index contributed by atoms with van der Waals surface area (Å²) in [6.45, 7) is 6.49. The SMILES string of the molecule is COC(=O)C(C)CN(CCCCN1CCCC1)C(=O)Cc1cccs1. The summed E-state index contributed by atoms with van der Waals surface area (Å²) in [6.07, 6.45) is 5.10. The van der Waals surface area contributed by atoms with Crippen LogP contribution < -0.4 is 0 Å². The maximum atomic E-state index is 12.7. The molecule has 25 heavy (non-hydrogen) atoms. The molecule has 0 radical (unpaired) electrons. The van der Waals surface area contributed by atoms with Crippen LogP contribution in [-0.2, 0) is 20.7 Å². The van der Waals surface area contributed by atoms with Gasteiger partial charge in [0.1, 0.15) is 0 Å². The molecule has 1 amide bonds. The maximum Gasteiger partial charge on any atom is 0.310 e. The molecule has 1 aliphatic rings. The number of rotatable bonds is 10. The van der Waals surface area contributed by atoms with Gasteiger partial charge in [0.2, 0.25) is 5.91 Å². The summed E-state index contributed by atoms with van der Waals surface area (Å²) >= 11 is 1.60. The zero-order chi connectivity index (χ0) is 18.1. The van der Waals surface area contributed by atoms with E-state index in [2.05, 4.69) is 4.90 Å². The predicted molar refractivity (Wildman–Crippen MR) is 101 cm³/mol. The van der Waals surface area contributed by atoms with Crippen molar-refractivity contribution < 1.29 is 14.3 Å². The average molecular weight is 367 g/mol. The molecule has 1 aliphatic heterocycles. The summed E-state index contributed by atoms with van der Waals surface area (Å²) in [4.78, 5) is 29.8. The number of carbonyl (C=O) groups is 2. The maximum absolute atomic E-state index is 12.7. The first kappa shape index (κ1) is 19.9. The molecular formula is C19H30N2O3S. The van der Waals surface area contributed by atoms with Crippen LogP contribution in [0.5, 0.6) is 0 Å². The summed E-state index contributed by atoms with van der Waals surface area (Å²) in [7, 11) is 1.40. The van der Waals surface area contributed by atoms with E-state index >= 15 is 0 Å². The van der Waals surface area contributed by atoms with Crippen molar-refractivity contribution in [1.82, 2.24) is 9.80 Å². The van der Waals surface area contributed by atoms with Gasteiger partial charge in [0, 0.05) is 18.0 Å². The van der Waals surface area contributed by atoms with Crippen molar-refractivity contribution in [1.29, 1.82) is 0 Å². The zero-order valence-corrected chi connectivity index (χ0v) is 16.2. The molecule has 0 spiro atoms. The van der Waals surface area contributed by atoms with Gasteiger partial charge >= 0.3 is 5.97 Å². The molecule has 0 saturated carbocycles. The lowest BCUT2D eigenvalue weighted by atomic mass is 10.1. The van der Waals surface area contributed by atoms with E-state index in [1.54, 1.807) is 11.3 Å². The van der Waals surface area contributed by atoms with Crippen LogP contribution in [0.2, 0.25) is 0 Å². The zero-order valence-electron chi connectivity index (χ0n) is 15.4. The van der Waals surface area contributed by atoms with Gasteiger partial charge < -0.3 is 14.5 Å². The van der Waals surface area contributed by atoms with E-state index in [1.165, 1.54) is 33.0 Å². The normalized spacial score (nSPS) is 15.9. The minimum Gasteiger partial charge on any atom is -0.469 e.